The van der Waals surface area contributed by atoms with Gasteiger partial charge in [0.15, 0.2) is 0 Å². The Balaban J connectivity index is 1.87. The molecule has 1 aromatic heterocycles. The number of benzene rings is 1. The molecule has 1 aliphatic heterocycles. The number of likely N-dealkylation sites (tertiary alicyclic amines) is 1. The van der Waals surface area contributed by atoms with Gasteiger partial charge in [0.1, 0.15) is 5.69 Å². The van der Waals surface area contributed by atoms with Crippen LogP contribution in [0, 0.1) is 5.92 Å². The van der Waals surface area contributed by atoms with Gasteiger partial charge >= 0.3 is 0 Å². The summed E-state index contributed by atoms with van der Waals surface area (Å²) in [6.07, 6.45) is 3.31. The van der Waals surface area contributed by atoms with Crippen LogP contribution < -0.4 is 0 Å². The summed E-state index contributed by atoms with van der Waals surface area (Å²) in [6, 6.07) is 12.0. The van der Waals surface area contributed by atoms with Crippen molar-refractivity contribution in [2.24, 2.45) is 5.92 Å². The number of pyridine rings is 1. The number of piperidine rings is 1. The van der Waals surface area contributed by atoms with Crippen LogP contribution in [0.1, 0.15) is 28.9 Å². The first-order valence-corrected chi connectivity index (χ1v) is 10.1. The molecular weight excluding hydrogens is 364 g/mol. The Morgan fingerprint density at radius 2 is 1.93 bits per heavy atom. The Hall–Kier alpha value is -2.73. The summed E-state index contributed by atoms with van der Waals surface area (Å²) < 4.78 is 0. The molecule has 2 amide bonds. The van der Waals surface area contributed by atoms with E-state index in [0.29, 0.717) is 18.8 Å². The first-order valence-electron chi connectivity index (χ1n) is 10.1. The van der Waals surface area contributed by atoms with Gasteiger partial charge in [-0.3, -0.25) is 14.6 Å². The van der Waals surface area contributed by atoms with Crippen LogP contribution >= 0.6 is 0 Å². The van der Waals surface area contributed by atoms with Crippen molar-refractivity contribution < 1.29 is 9.59 Å². The van der Waals surface area contributed by atoms with E-state index < -0.39 is 0 Å². The van der Waals surface area contributed by atoms with Gasteiger partial charge in [0.25, 0.3) is 5.91 Å². The summed E-state index contributed by atoms with van der Waals surface area (Å²) >= 11 is 0. The van der Waals surface area contributed by atoms with Crippen LogP contribution in [-0.4, -0.2) is 72.8 Å². The van der Waals surface area contributed by atoms with Crippen LogP contribution in [0.4, 0.5) is 0 Å². The van der Waals surface area contributed by atoms with E-state index in [2.05, 4.69) is 22.0 Å². The molecule has 0 bridgehead atoms. The van der Waals surface area contributed by atoms with Gasteiger partial charge < -0.3 is 14.7 Å². The summed E-state index contributed by atoms with van der Waals surface area (Å²) in [6.45, 7) is 1.94. The van der Waals surface area contributed by atoms with Gasteiger partial charge in [-0.1, -0.05) is 24.3 Å². The first kappa shape index (κ1) is 21.0. The zero-order valence-corrected chi connectivity index (χ0v) is 17.8. The molecule has 0 N–H and O–H groups in total. The predicted octanol–water partition coefficient (Wildman–Crippen LogP) is 2.75. The minimum Gasteiger partial charge on any atom is -0.349 e. The molecule has 0 unspecified atom stereocenters. The lowest BCUT2D eigenvalue weighted by Crippen LogP contribution is -2.45. The maximum absolute atomic E-state index is 13.3. The molecule has 0 radical (unpaired) electrons. The number of nitrogens with zero attached hydrogens (tertiary/aromatic N) is 4. The number of aromatic nitrogens is 1. The third kappa shape index (κ3) is 5.01. The topological polar surface area (TPSA) is 56.8 Å². The van der Waals surface area contributed by atoms with Gasteiger partial charge in [-0.15, -0.1) is 0 Å². The Morgan fingerprint density at radius 3 is 2.66 bits per heavy atom. The molecule has 154 valence electrons. The Bertz CT molecular complexity index is 879. The number of hydrogen-bond acceptors (Lipinski definition) is 4. The fourth-order valence-electron chi connectivity index (χ4n) is 3.89. The molecule has 3 rings (SSSR count). The lowest BCUT2D eigenvalue weighted by atomic mass is 9.95. The SMILES string of the molecule is CN(C)Cc1cccc(-c2cccnc2C(=O)N2CCC[C@H](C(=O)N(C)C)C2)c1. The summed E-state index contributed by atoms with van der Waals surface area (Å²) in [5.74, 6) is -0.159. The van der Waals surface area contributed by atoms with Gasteiger partial charge in [-0.25, -0.2) is 0 Å². The van der Waals surface area contributed by atoms with E-state index in [9.17, 15) is 9.59 Å². The molecule has 1 aliphatic rings. The highest BCUT2D eigenvalue weighted by Crippen LogP contribution is 2.26. The van der Waals surface area contributed by atoms with E-state index in [4.69, 9.17) is 0 Å². The summed E-state index contributed by atoms with van der Waals surface area (Å²) in [7, 11) is 7.60. The maximum atomic E-state index is 13.3. The zero-order chi connectivity index (χ0) is 21.0. The minimum absolute atomic E-state index is 0.0835. The summed E-state index contributed by atoms with van der Waals surface area (Å²) in [5.41, 5.74) is 3.45. The molecular formula is C23H30N4O2. The normalized spacial score (nSPS) is 16.7. The lowest BCUT2D eigenvalue weighted by Gasteiger charge is -2.33. The Morgan fingerprint density at radius 1 is 1.14 bits per heavy atom. The average Bonchev–Trinajstić information content (AvgIpc) is 2.72. The molecule has 1 fully saturated rings. The van der Waals surface area contributed by atoms with Crippen LogP contribution in [0.25, 0.3) is 11.1 Å². The van der Waals surface area contributed by atoms with Gasteiger partial charge in [0.2, 0.25) is 5.91 Å². The minimum atomic E-state index is -0.140. The number of hydrogen-bond donors (Lipinski definition) is 0. The molecule has 29 heavy (non-hydrogen) atoms. The van der Waals surface area contributed by atoms with Gasteiger partial charge in [0.05, 0.1) is 5.92 Å². The second kappa shape index (κ2) is 9.18. The summed E-state index contributed by atoms with van der Waals surface area (Å²) in [4.78, 5) is 35.6. The zero-order valence-electron chi connectivity index (χ0n) is 17.8. The van der Waals surface area contributed by atoms with Crippen molar-refractivity contribution in [1.29, 1.82) is 0 Å². The highest BCUT2D eigenvalue weighted by molar-refractivity contribution is 5.99. The molecule has 0 saturated carbocycles. The quantitative estimate of drug-likeness (QED) is 0.783. The molecule has 0 aliphatic carbocycles. The third-order valence-corrected chi connectivity index (χ3v) is 5.25. The van der Waals surface area contributed by atoms with Crippen LogP contribution in [0.5, 0.6) is 0 Å². The number of rotatable bonds is 5. The van der Waals surface area contributed by atoms with Crippen LogP contribution in [-0.2, 0) is 11.3 Å². The Labute approximate surface area is 173 Å². The first-order chi connectivity index (χ1) is 13.9. The van der Waals surface area contributed by atoms with Crippen LogP contribution in [0.15, 0.2) is 42.6 Å². The van der Waals surface area contributed by atoms with E-state index in [1.54, 1.807) is 30.1 Å². The largest absolute Gasteiger partial charge is 0.349 e. The molecule has 1 aromatic carbocycles. The number of amides is 2. The molecule has 1 atom stereocenters. The van der Waals surface area contributed by atoms with E-state index in [-0.39, 0.29) is 17.7 Å². The molecule has 2 aromatic rings. The highest BCUT2D eigenvalue weighted by atomic mass is 16.2. The van der Waals surface area contributed by atoms with Crippen LogP contribution in [0.2, 0.25) is 0 Å². The standard InChI is InChI=1S/C23H30N4O2/c1-25(2)15-17-8-5-9-18(14-17)20-11-6-12-24-21(20)23(29)27-13-7-10-19(16-27)22(28)26(3)4/h5-6,8-9,11-12,14,19H,7,10,13,15-16H2,1-4H3/t19-/m0/s1. The van der Waals surface area contributed by atoms with E-state index in [0.717, 1.165) is 30.5 Å². The number of carbonyl (C=O) groups excluding carboxylic acids is 2. The van der Waals surface area contributed by atoms with E-state index in [1.165, 1.54) is 5.56 Å². The van der Waals surface area contributed by atoms with Crippen LogP contribution in [0.3, 0.4) is 0 Å². The maximum Gasteiger partial charge on any atom is 0.273 e. The second-order valence-corrected chi connectivity index (χ2v) is 8.16. The predicted molar refractivity (Wildman–Crippen MR) is 114 cm³/mol. The van der Waals surface area contributed by atoms with E-state index in [1.807, 2.05) is 38.4 Å². The van der Waals surface area contributed by atoms with Gasteiger partial charge in [-0.05, 0) is 50.2 Å². The fourth-order valence-corrected chi connectivity index (χ4v) is 3.89. The molecule has 1 saturated heterocycles. The lowest BCUT2D eigenvalue weighted by molar-refractivity contribution is -0.134. The monoisotopic (exact) mass is 394 g/mol. The summed E-state index contributed by atoms with van der Waals surface area (Å²) in [5, 5.41) is 0. The Kier molecular flexibility index (Phi) is 6.64. The molecule has 6 nitrogen and oxygen atoms in total. The third-order valence-electron chi connectivity index (χ3n) is 5.25. The van der Waals surface area contributed by atoms with Crippen molar-refractivity contribution in [1.82, 2.24) is 19.7 Å². The second-order valence-electron chi connectivity index (χ2n) is 8.16. The van der Waals surface area contributed by atoms with Gasteiger partial charge in [-0.2, -0.15) is 0 Å². The van der Waals surface area contributed by atoms with Crippen molar-refractivity contribution in [3.8, 4) is 11.1 Å². The highest BCUT2D eigenvalue weighted by Gasteiger charge is 2.31. The van der Waals surface area contributed by atoms with Crippen molar-refractivity contribution in [2.45, 2.75) is 19.4 Å². The van der Waals surface area contributed by atoms with Gasteiger partial charge in [0, 0.05) is 45.5 Å². The fraction of sp³-hybridized carbons (Fsp3) is 0.435. The molecule has 2 heterocycles. The van der Waals surface area contributed by atoms with Crippen molar-refractivity contribution in [3.05, 3.63) is 53.9 Å². The van der Waals surface area contributed by atoms with Crippen molar-refractivity contribution >= 4 is 11.8 Å². The smallest absolute Gasteiger partial charge is 0.273 e. The van der Waals surface area contributed by atoms with Crippen molar-refractivity contribution in [3.63, 3.8) is 0 Å². The average molecular weight is 395 g/mol. The van der Waals surface area contributed by atoms with Crippen molar-refractivity contribution in [2.75, 3.05) is 41.3 Å². The number of carbonyl (C=O) groups is 2. The molecule has 0 spiro atoms. The molecule has 6 heteroatoms. The van der Waals surface area contributed by atoms with E-state index >= 15 is 0 Å².